The van der Waals surface area contributed by atoms with Crippen LogP contribution in [0.1, 0.15) is 30.8 Å². The molecule has 0 spiro atoms. The Kier molecular flexibility index (Phi) is 2.65. The summed E-state index contributed by atoms with van der Waals surface area (Å²) < 4.78 is 0. The second-order valence-corrected chi connectivity index (χ2v) is 4.36. The van der Waals surface area contributed by atoms with Crippen molar-refractivity contribution in [3.8, 4) is 0 Å². The SMILES string of the molecule is C=Cc1nc[nH]c1C(C)(C)c1ccccc1. The fraction of sp³-hybridized carbons (Fsp3) is 0.214. The Morgan fingerprint density at radius 3 is 2.56 bits per heavy atom. The van der Waals surface area contributed by atoms with Crippen LogP contribution in [0.15, 0.2) is 43.2 Å². The number of hydrogen-bond donors (Lipinski definition) is 1. The van der Waals surface area contributed by atoms with E-state index in [0.29, 0.717) is 0 Å². The number of hydrogen-bond acceptors (Lipinski definition) is 1. The van der Waals surface area contributed by atoms with Crippen molar-refractivity contribution in [2.75, 3.05) is 0 Å². The van der Waals surface area contributed by atoms with E-state index < -0.39 is 0 Å². The first kappa shape index (κ1) is 10.7. The van der Waals surface area contributed by atoms with Crippen LogP contribution < -0.4 is 0 Å². The van der Waals surface area contributed by atoms with Gasteiger partial charge in [-0.3, -0.25) is 0 Å². The lowest BCUT2D eigenvalue weighted by atomic mass is 9.80. The van der Waals surface area contributed by atoms with E-state index in [1.54, 1.807) is 12.4 Å². The summed E-state index contributed by atoms with van der Waals surface area (Å²) in [5.74, 6) is 0. The van der Waals surface area contributed by atoms with E-state index in [9.17, 15) is 0 Å². The van der Waals surface area contributed by atoms with Gasteiger partial charge in [0, 0.05) is 5.41 Å². The fourth-order valence-corrected chi connectivity index (χ4v) is 1.96. The van der Waals surface area contributed by atoms with Gasteiger partial charge in [0.05, 0.1) is 17.7 Å². The molecule has 0 aliphatic carbocycles. The molecule has 2 aromatic rings. The monoisotopic (exact) mass is 212 g/mol. The third-order valence-corrected chi connectivity index (χ3v) is 2.98. The van der Waals surface area contributed by atoms with Crippen molar-refractivity contribution in [1.29, 1.82) is 0 Å². The third-order valence-electron chi connectivity index (χ3n) is 2.98. The minimum atomic E-state index is -0.0821. The summed E-state index contributed by atoms with van der Waals surface area (Å²) in [4.78, 5) is 7.47. The van der Waals surface area contributed by atoms with Gasteiger partial charge in [-0.1, -0.05) is 50.8 Å². The predicted octanol–water partition coefficient (Wildman–Crippen LogP) is 3.38. The molecule has 0 radical (unpaired) electrons. The first-order valence-corrected chi connectivity index (χ1v) is 5.38. The minimum absolute atomic E-state index is 0.0821. The number of nitrogens with one attached hydrogen (secondary N) is 1. The Labute approximate surface area is 96.1 Å². The highest BCUT2D eigenvalue weighted by molar-refractivity contribution is 5.50. The van der Waals surface area contributed by atoms with Crippen LogP contribution in [-0.2, 0) is 5.41 Å². The van der Waals surface area contributed by atoms with Crippen LogP contribution >= 0.6 is 0 Å². The highest BCUT2D eigenvalue weighted by Gasteiger charge is 2.26. The summed E-state index contributed by atoms with van der Waals surface area (Å²) >= 11 is 0. The Balaban J connectivity index is 2.51. The van der Waals surface area contributed by atoms with E-state index in [1.807, 2.05) is 6.07 Å². The van der Waals surface area contributed by atoms with E-state index in [1.165, 1.54) is 5.56 Å². The number of nitrogens with zero attached hydrogens (tertiary/aromatic N) is 1. The standard InChI is InChI=1S/C14H16N2/c1-4-12-13(16-10-15-12)14(2,3)11-8-6-5-7-9-11/h4-10H,1H2,2-3H3,(H,15,16). The molecular weight excluding hydrogens is 196 g/mol. The molecule has 1 aromatic carbocycles. The van der Waals surface area contributed by atoms with Gasteiger partial charge in [-0.15, -0.1) is 0 Å². The number of imidazole rings is 1. The normalized spacial score (nSPS) is 11.4. The van der Waals surface area contributed by atoms with Gasteiger partial charge in [-0.2, -0.15) is 0 Å². The molecule has 0 saturated heterocycles. The Morgan fingerprint density at radius 2 is 1.94 bits per heavy atom. The van der Waals surface area contributed by atoms with Crippen LogP contribution in [0.2, 0.25) is 0 Å². The first-order valence-electron chi connectivity index (χ1n) is 5.38. The Morgan fingerprint density at radius 1 is 1.25 bits per heavy atom. The molecule has 82 valence electrons. The third kappa shape index (κ3) is 1.67. The van der Waals surface area contributed by atoms with Gasteiger partial charge < -0.3 is 4.98 Å². The number of rotatable bonds is 3. The lowest BCUT2D eigenvalue weighted by Gasteiger charge is -2.24. The predicted molar refractivity (Wildman–Crippen MR) is 67.2 cm³/mol. The van der Waals surface area contributed by atoms with Gasteiger partial charge in [0.1, 0.15) is 0 Å². The second-order valence-electron chi connectivity index (χ2n) is 4.36. The zero-order valence-corrected chi connectivity index (χ0v) is 9.70. The molecule has 16 heavy (non-hydrogen) atoms. The topological polar surface area (TPSA) is 28.7 Å². The molecule has 0 aliphatic heterocycles. The summed E-state index contributed by atoms with van der Waals surface area (Å²) in [6, 6.07) is 10.4. The molecule has 0 unspecified atom stereocenters. The van der Waals surface area contributed by atoms with Crippen molar-refractivity contribution >= 4 is 6.08 Å². The second kappa shape index (κ2) is 3.97. The summed E-state index contributed by atoms with van der Waals surface area (Å²) in [5.41, 5.74) is 3.21. The van der Waals surface area contributed by atoms with Crippen molar-refractivity contribution < 1.29 is 0 Å². The van der Waals surface area contributed by atoms with Gasteiger partial charge in [0.25, 0.3) is 0 Å². The maximum Gasteiger partial charge on any atom is 0.0929 e. The van der Waals surface area contributed by atoms with Crippen LogP contribution in [0.25, 0.3) is 6.08 Å². The number of aromatic nitrogens is 2. The van der Waals surface area contributed by atoms with E-state index in [0.717, 1.165) is 11.4 Å². The van der Waals surface area contributed by atoms with Gasteiger partial charge in [-0.25, -0.2) is 4.98 Å². The van der Waals surface area contributed by atoms with Gasteiger partial charge in [-0.05, 0) is 11.6 Å². The highest BCUT2D eigenvalue weighted by Crippen LogP contribution is 2.31. The van der Waals surface area contributed by atoms with Crippen molar-refractivity contribution in [3.63, 3.8) is 0 Å². The van der Waals surface area contributed by atoms with Crippen molar-refractivity contribution in [1.82, 2.24) is 9.97 Å². The molecule has 1 aromatic heterocycles. The molecule has 0 amide bonds. The molecule has 2 heteroatoms. The van der Waals surface area contributed by atoms with E-state index >= 15 is 0 Å². The van der Waals surface area contributed by atoms with E-state index in [-0.39, 0.29) is 5.41 Å². The molecule has 2 rings (SSSR count). The Bertz CT molecular complexity index is 480. The van der Waals surface area contributed by atoms with Gasteiger partial charge in [0.2, 0.25) is 0 Å². The van der Waals surface area contributed by atoms with Crippen molar-refractivity contribution in [3.05, 3.63) is 60.2 Å². The quantitative estimate of drug-likeness (QED) is 0.830. The summed E-state index contributed by atoms with van der Waals surface area (Å²) in [6.45, 7) is 8.16. The average molecular weight is 212 g/mol. The van der Waals surface area contributed by atoms with Crippen molar-refractivity contribution in [2.45, 2.75) is 19.3 Å². The average Bonchev–Trinajstić information content (AvgIpc) is 2.79. The molecule has 1 N–H and O–H groups in total. The molecule has 0 saturated carbocycles. The van der Waals surface area contributed by atoms with Crippen LogP contribution in [0.4, 0.5) is 0 Å². The highest BCUT2D eigenvalue weighted by atomic mass is 14.9. The maximum atomic E-state index is 4.25. The van der Waals surface area contributed by atoms with Crippen LogP contribution in [0.3, 0.4) is 0 Å². The van der Waals surface area contributed by atoms with Crippen LogP contribution in [0.5, 0.6) is 0 Å². The lowest BCUT2D eigenvalue weighted by Crippen LogP contribution is -2.20. The molecule has 0 bridgehead atoms. The van der Waals surface area contributed by atoms with Crippen molar-refractivity contribution in [2.24, 2.45) is 0 Å². The largest absolute Gasteiger partial charge is 0.347 e. The zero-order chi connectivity index (χ0) is 11.6. The molecule has 0 aliphatic rings. The summed E-state index contributed by atoms with van der Waals surface area (Å²) in [6.07, 6.45) is 3.51. The first-order chi connectivity index (χ1) is 7.66. The number of aromatic amines is 1. The number of benzene rings is 1. The minimum Gasteiger partial charge on any atom is -0.347 e. The van der Waals surface area contributed by atoms with Gasteiger partial charge in [0.15, 0.2) is 0 Å². The molecule has 1 heterocycles. The van der Waals surface area contributed by atoms with Crippen LogP contribution in [-0.4, -0.2) is 9.97 Å². The maximum absolute atomic E-state index is 4.25. The fourth-order valence-electron chi connectivity index (χ4n) is 1.96. The molecule has 2 nitrogen and oxygen atoms in total. The number of H-pyrrole nitrogens is 1. The summed E-state index contributed by atoms with van der Waals surface area (Å²) in [5, 5.41) is 0. The van der Waals surface area contributed by atoms with E-state index in [4.69, 9.17) is 0 Å². The van der Waals surface area contributed by atoms with Gasteiger partial charge >= 0.3 is 0 Å². The molecule has 0 atom stereocenters. The summed E-state index contributed by atoms with van der Waals surface area (Å²) in [7, 11) is 0. The Hall–Kier alpha value is -1.83. The van der Waals surface area contributed by atoms with Crippen LogP contribution in [0, 0.1) is 0 Å². The van der Waals surface area contributed by atoms with E-state index in [2.05, 4.69) is 54.7 Å². The zero-order valence-electron chi connectivity index (χ0n) is 9.70. The lowest BCUT2D eigenvalue weighted by molar-refractivity contribution is 0.619. The molecule has 0 fully saturated rings. The smallest absolute Gasteiger partial charge is 0.0929 e. The molecular formula is C14H16N2.